The molecule has 0 aliphatic heterocycles. The van der Waals surface area contributed by atoms with Crippen LogP contribution < -0.4 is 4.74 Å². The lowest BCUT2D eigenvalue weighted by molar-refractivity contribution is 0.0551. The second kappa shape index (κ2) is 7.30. The fourth-order valence-electron chi connectivity index (χ4n) is 1.23. The number of halogens is 2. The summed E-state index contributed by atoms with van der Waals surface area (Å²) in [5, 5.41) is 0.785. The molecule has 0 unspecified atom stereocenters. The van der Waals surface area contributed by atoms with Crippen LogP contribution in [0.2, 0.25) is 0 Å². The number of hydrogen-bond donors (Lipinski definition) is 0. The van der Waals surface area contributed by atoms with Gasteiger partial charge in [-0.25, -0.2) is 0 Å². The summed E-state index contributed by atoms with van der Waals surface area (Å²) in [5.74, 6) is 0.910. The van der Waals surface area contributed by atoms with Gasteiger partial charge in [0.2, 0.25) is 0 Å². The van der Waals surface area contributed by atoms with Gasteiger partial charge in [-0.2, -0.15) is 0 Å². The minimum atomic E-state index is 0.254. The van der Waals surface area contributed by atoms with Crippen LogP contribution in [0, 0.1) is 0 Å². The predicted molar refractivity (Wildman–Crippen MR) is 73.4 cm³/mol. The Morgan fingerprint density at radius 1 is 1.25 bits per heavy atom. The van der Waals surface area contributed by atoms with Crippen molar-refractivity contribution >= 4 is 31.9 Å². The Morgan fingerprint density at radius 2 is 2.00 bits per heavy atom. The first-order valence-electron chi connectivity index (χ1n) is 5.22. The number of alkyl halides is 1. The molecule has 0 spiro atoms. The summed E-state index contributed by atoms with van der Waals surface area (Å²) in [7, 11) is 0. The zero-order valence-corrected chi connectivity index (χ0v) is 12.7. The van der Waals surface area contributed by atoms with E-state index in [-0.39, 0.29) is 6.10 Å². The Balaban J connectivity index is 2.47. The minimum Gasteiger partial charge on any atom is -0.491 e. The van der Waals surface area contributed by atoms with Gasteiger partial charge < -0.3 is 9.47 Å². The van der Waals surface area contributed by atoms with Gasteiger partial charge in [-0.15, -0.1) is 0 Å². The van der Waals surface area contributed by atoms with Crippen molar-refractivity contribution in [3.63, 3.8) is 0 Å². The van der Waals surface area contributed by atoms with Gasteiger partial charge in [-0.05, 0) is 32.0 Å². The second-order valence-electron chi connectivity index (χ2n) is 3.65. The fourth-order valence-corrected chi connectivity index (χ4v) is 2.08. The van der Waals surface area contributed by atoms with E-state index >= 15 is 0 Å². The van der Waals surface area contributed by atoms with Crippen LogP contribution in [-0.4, -0.2) is 19.3 Å². The third kappa shape index (κ3) is 4.85. The Kier molecular flexibility index (Phi) is 6.39. The highest BCUT2D eigenvalue weighted by Gasteiger charge is 2.03. The lowest BCUT2D eigenvalue weighted by atomic mass is 10.2. The van der Waals surface area contributed by atoms with Crippen LogP contribution >= 0.6 is 31.9 Å². The van der Waals surface area contributed by atoms with E-state index in [9.17, 15) is 0 Å². The van der Waals surface area contributed by atoms with Crippen LogP contribution in [0.15, 0.2) is 22.7 Å². The zero-order chi connectivity index (χ0) is 12.0. The van der Waals surface area contributed by atoms with Gasteiger partial charge in [0, 0.05) is 15.4 Å². The molecule has 0 saturated heterocycles. The summed E-state index contributed by atoms with van der Waals surface area (Å²) in [5.41, 5.74) is 1.14. The molecule has 0 saturated carbocycles. The van der Waals surface area contributed by atoms with Crippen molar-refractivity contribution in [2.45, 2.75) is 25.3 Å². The Labute approximate surface area is 114 Å². The number of rotatable bonds is 6. The van der Waals surface area contributed by atoms with Crippen molar-refractivity contribution in [3.8, 4) is 5.75 Å². The van der Waals surface area contributed by atoms with Crippen LogP contribution in [0.3, 0.4) is 0 Å². The van der Waals surface area contributed by atoms with Crippen molar-refractivity contribution in [3.05, 3.63) is 28.2 Å². The van der Waals surface area contributed by atoms with Crippen molar-refractivity contribution < 1.29 is 9.47 Å². The maximum Gasteiger partial charge on any atom is 0.123 e. The Hall–Kier alpha value is -0.0600. The van der Waals surface area contributed by atoms with Gasteiger partial charge in [0.15, 0.2) is 0 Å². The van der Waals surface area contributed by atoms with Gasteiger partial charge in [-0.1, -0.05) is 31.9 Å². The maximum atomic E-state index is 5.66. The van der Waals surface area contributed by atoms with Gasteiger partial charge >= 0.3 is 0 Å². The molecular weight excluding hydrogens is 336 g/mol. The predicted octanol–water partition coefficient (Wildman–Crippen LogP) is 4.15. The van der Waals surface area contributed by atoms with Crippen molar-refractivity contribution in [2.75, 3.05) is 13.2 Å². The summed E-state index contributed by atoms with van der Waals surface area (Å²) >= 11 is 6.88. The van der Waals surface area contributed by atoms with E-state index in [1.807, 2.05) is 32.0 Å². The summed E-state index contributed by atoms with van der Waals surface area (Å²) in [4.78, 5) is 0. The topological polar surface area (TPSA) is 18.5 Å². The summed E-state index contributed by atoms with van der Waals surface area (Å²) < 4.78 is 12.1. The lowest BCUT2D eigenvalue weighted by Gasteiger charge is -2.12. The van der Waals surface area contributed by atoms with E-state index in [2.05, 4.69) is 31.9 Å². The average Bonchev–Trinajstić information content (AvgIpc) is 2.25. The summed E-state index contributed by atoms with van der Waals surface area (Å²) in [6.07, 6.45) is 0.254. The van der Waals surface area contributed by atoms with Gasteiger partial charge in [0.1, 0.15) is 12.4 Å². The first-order chi connectivity index (χ1) is 7.63. The van der Waals surface area contributed by atoms with Gasteiger partial charge in [-0.3, -0.25) is 0 Å². The molecule has 1 aromatic carbocycles. The molecule has 0 heterocycles. The first-order valence-corrected chi connectivity index (χ1v) is 7.13. The van der Waals surface area contributed by atoms with Crippen LogP contribution in [0.5, 0.6) is 5.75 Å². The van der Waals surface area contributed by atoms with Crippen molar-refractivity contribution in [2.24, 2.45) is 0 Å². The fraction of sp³-hybridized carbons (Fsp3) is 0.500. The summed E-state index contributed by atoms with van der Waals surface area (Å²) in [6.45, 7) is 5.24. The Bertz CT molecular complexity index is 327. The van der Waals surface area contributed by atoms with Gasteiger partial charge in [0.05, 0.1) is 12.7 Å². The monoisotopic (exact) mass is 350 g/mol. The van der Waals surface area contributed by atoms with Crippen LogP contribution in [0.25, 0.3) is 0 Å². The van der Waals surface area contributed by atoms with Crippen molar-refractivity contribution in [1.29, 1.82) is 0 Å². The minimum absolute atomic E-state index is 0.254. The van der Waals surface area contributed by atoms with E-state index in [0.29, 0.717) is 13.2 Å². The van der Waals surface area contributed by atoms with Crippen molar-refractivity contribution in [1.82, 2.24) is 0 Å². The molecule has 0 bridgehead atoms. The van der Waals surface area contributed by atoms with E-state index in [0.717, 1.165) is 21.1 Å². The third-order valence-electron chi connectivity index (χ3n) is 1.96. The van der Waals surface area contributed by atoms with Crippen LogP contribution in [0.1, 0.15) is 19.4 Å². The molecule has 0 fully saturated rings. The number of benzene rings is 1. The molecule has 4 heteroatoms. The average molecular weight is 352 g/mol. The second-order valence-corrected chi connectivity index (χ2v) is 5.13. The molecule has 0 amide bonds. The normalized spacial score (nSPS) is 10.8. The van der Waals surface area contributed by atoms with E-state index in [4.69, 9.17) is 9.47 Å². The van der Waals surface area contributed by atoms with E-state index in [1.54, 1.807) is 0 Å². The highest BCUT2D eigenvalue weighted by molar-refractivity contribution is 9.10. The summed E-state index contributed by atoms with van der Waals surface area (Å²) in [6, 6.07) is 5.99. The van der Waals surface area contributed by atoms with Gasteiger partial charge in [0.25, 0.3) is 0 Å². The molecule has 2 nitrogen and oxygen atoms in total. The number of hydrogen-bond acceptors (Lipinski definition) is 2. The smallest absolute Gasteiger partial charge is 0.123 e. The molecule has 0 aliphatic carbocycles. The Morgan fingerprint density at radius 3 is 2.62 bits per heavy atom. The van der Waals surface area contributed by atoms with Crippen LogP contribution in [-0.2, 0) is 10.1 Å². The standard InChI is InChI=1S/C12H16Br2O2/c1-9(2)15-5-6-16-12-4-3-11(14)7-10(12)8-13/h3-4,7,9H,5-6,8H2,1-2H3. The molecule has 0 N–H and O–H groups in total. The molecule has 0 atom stereocenters. The molecule has 0 aliphatic rings. The molecule has 0 radical (unpaired) electrons. The molecule has 1 aromatic rings. The molecule has 16 heavy (non-hydrogen) atoms. The lowest BCUT2D eigenvalue weighted by Crippen LogP contribution is -2.11. The quantitative estimate of drug-likeness (QED) is 0.566. The zero-order valence-electron chi connectivity index (χ0n) is 9.50. The van der Waals surface area contributed by atoms with E-state index < -0.39 is 0 Å². The van der Waals surface area contributed by atoms with E-state index in [1.165, 1.54) is 0 Å². The molecular formula is C12H16Br2O2. The highest BCUT2D eigenvalue weighted by atomic mass is 79.9. The molecule has 1 rings (SSSR count). The third-order valence-corrected chi connectivity index (χ3v) is 3.06. The molecule has 0 aromatic heterocycles. The SMILES string of the molecule is CC(C)OCCOc1ccc(Br)cc1CBr. The van der Waals surface area contributed by atoms with Crippen LogP contribution in [0.4, 0.5) is 0 Å². The maximum absolute atomic E-state index is 5.66. The number of ether oxygens (including phenoxy) is 2. The molecule has 90 valence electrons. The first kappa shape index (κ1) is 14.0. The highest BCUT2D eigenvalue weighted by Crippen LogP contribution is 2.25. The largest absolute Gasteiger partial charge is 0.491 e.